The lowest BCUT2D eigenvalue weighted by molar-refractivity contribution is -0.155. The number of hydrogen-bond acceptors (Lipinski definition) is 7. The number of hydrogen-bond donors (Lipinski definition) is 1. The smallest absolute Gasteiger partial charge is 0.312 e. The van der Waals surface area contributed by atoms with Crippen LogP contribution in [0.4, 0.5) is 5.69 Å². The SMILES string of the molecule is C=CCN(C(=O)C1N([C@@H](CO)CC(C)C)C(=O)[C@@H]2[C@H](C(=O)OCC)[C@H]3OC12CC3Br)c1ccc(OC)cc1. The minimum absolute atomic E-state index is 0.154. The largest absolute Gasteiger partial charge is 0.497 e. The van der Waals surface area contributed by atoms with Gasteiger partial charge in [-0.15, -0.1) is 6.58 Å². The monoisotopic (exact) mass is 592 g/mol. The van der Waals surface area contributed by atoms with Crippen LogP contribution in [0, 0.1) is 17.8 Å². The average Bonchev–Trinajstić information content (AvgIpc) is 3.49. The van der Waals surface area contributed by atoms with Gasteiger partial charge in [0.25, 0.3) is 5.91 Å². The number of fused-ring (bicyclic) bond motifs is 1. The number of carbonyl (C=O) groups is 3. The first kappa shape index (κ1) is 28.6. The topological polar surface area (TPSA) is 106 Å². The summed E-state index contributed by atoms with van der Waals surface area (Å²) in [5.74, 6) is -2.12. The number of halogens is 1. The molecule has 1 aromatic carbocycles. The summed E-state index contributed by atoms with van der Waals surface area (Å²) in [6.45, 7) is 9.60. The van der Waals surface area contributed by atoms with E-state index in [9.17, 15) is 19.5 Å². The average molecular weight is 594 g/mol. The van der Waals surface area contributed by atoms with Crippen molar-refractivity contribution in [1.82, 2.24) is 4.90 Å². The van der Waals surface area contributed by atoms with Crippen LogP contribution in [0.2, 0.25) is 0 Å². The zero-order valence-corrected chi connectivity index (χ0v) is 23.9. The fraction of sp³-hybridized carbons (Fsp3) is 0.607. The van der Waals surface area contributed by atoms with Crippen LogP contribution in [-0.2, 0) is 23.9 Å². The van der Waals surface area contributed by atoms with Gasteiger partial charge in [0, 0.05) is 17.1 Å². The van der Waals surface area contributed by atoms with E-state index in [4.69, 9.17) is 14.2 Å². The van der Waals surface area contributed by atoms with Crippen LogP contribution < -0.4 is 9.64 Å². The first-order valence-electron chi connectivity index (χ1n) is 13.1. The second-order valence-corrected chi connectivity index (χ2v) is 11.7. The van der Waals surface area contributed by atoms with E-state index >= 15 is 0 Å². The van der Waals surface area contributed by atoms with E-state index in [1.807, 2.05) is 13.8 Å². The molecule has 0 saturated carbocycles. The van der Waals surface area contributed by atoms with Crippen molar-refractivity contribution in [3.8, 4) is 5.75 Å². The second-order valence-electron chi connectivity index (χ2n) is 10.6. The number of methoxy groups -OCH3 is 1. The minimum Gasteiger partial charge on any atom is -0.497 e. The second kappa shape index (κ2) is 11.4. The van der Waals surface area contributed by atoms with Gasteiger partial charge in [-0.05, 0) is 49.9 Å². The van der Waals surface area contributed by atoms with Gasteiger partial charge in [0.05, 0.1) is 44.3 Å². The third-order valence-electron chi connectivity index (χ3n) is 7.83. The molecule has 3 fully saturated rings. The van der Waals surface area contributed by atoms with E-state index in [0.29, 0.717) is 24.3 Å². The Labute approximate surface area is 232 Å². The Hall–Kier alpha value is -2.43. The third kappa shape index (κ3) is 4.64. The Morgan fingerprint density at radius 2 is 2.03 bits per heavy atom. The standard InChI is InChI=1S/C28H37BrN2O7/c1-6-12-30(17-8-10-19(36-5)11-9-17)26(34)24-28-14-20(29)23(38-28)21(27(35)37-7-2)22(28)25(33)31(24)18(15-32)13-16(3)4/h6,8-11,16,18,20-24,32H,1,7,12-15H2,2-5H3/t18-,20?,21+,22+,23+,24?,28?/m1/s1. The molecular weight excluding hydrogens is 556 g/mol. The Bertz CT molecular complexity index is 1060. The van der Waals surface area contributed by atoms with Crippen molar-refractivity contribution in [2.24, 2.45) is 17.8 Å². The molecule has 0 aliphatic carbocycles. The van der Waals surface area contributed by atoms with Gasteiger partial charge in [0.1, 0.15) is 17.4 Å². The van der Waals surface area contributed by atoms with Crippen molar-refractivity contribution in [3.05, 3.63) is 36.9 Å². The molecule has 3 saturated heterocycles. The molecule has 1 spiro atoms. The maximum atomic E-state index is 14.5. The fourth-order valence-electron chi connectivity index (χ4n) is 6.43. The minimum atomic E-state index is -1.24. The third-order valence-corrected chi connectivity index (χ3v) is 8.67. The van der Waals surface area contributed by atoms with Crippen molar-refractivity contribution in [2.45, 2.75) is 62.2 Å². The Morgan fingerprint density at radius 1 is 1.34 bits per heavy atom. The van der Waals surface area contributed by atoms with Crippen LogP contribution in [-0.4, -0.2) is 83.3 Å². The summed E-state index contributed by atoms with van der Waals surface area (Å²) in [6, 6.07) is 5.41. The van der Waals surface area contributed by atoms with Gasteiger partial charge in [-0.25, -0.2) is 0 Å². The zero-order valence-electron chi connectivity index (χ0n) is 22.3. The molecule has 7 atom stereocenters. The van der Waals surface area contributed by atoms with Gasteiger partial charge in [0.2, 0.25) is 5.91 Å². The van der Waals surface area contributed by atoms with Crippen LogP contribution in [0.25, 0.3) is 0 Å². The maximum absolute atomic E-state index is 14.5. The van der Waals surface area contributed by atoms with E-state index in [-0.39, 0.29) is 42.3 Å². The van der Waals surface area contributed by atoms with Crippen molar-refractivity contribution in [1.29, 1.82) is 0 Å². The molecule has 1 N–H and O–H groups in total. The summed E-state index contributed by atoms with van der Waals surface area (Å²) in [4.78, 5) is 44.7. The fourth-order valence-corrected chi connectivity index (χ4v) is 7.37. The number of benzene rings is 1. The first-order valence-corrected chi connectivity index (χ1v) is 14.0. The summed E-state index contributed by atoms with van der Waals surface area (Å²) >= 11 is 3.66. The molecule has 208 valence electrons. The van der Waals surface area contributed by atoms with Crippen LogP contribution in [0.5, 0.6) is 5.75 Å². The highest BCUT2D eigenvalue weighted by molar-refractivity contribution is 9.09. The molecular formula is C28H37BrN2O7. The number of rotatable bonds is 11. The normalized spacial score (nSPS) is 30.3. The van der Waals surface area contributed by atoms with Gasteiger partial charge < -0.3 is 29.1 Å². The van der Waals surface area contributed by atoms with Crippen LogP contribution >= 0.6 is 15.9 Å². The first-order chi connectivity index (χ1) is 18.1. The van der Waals surface area contributed by atoms with Crippen molar-refractivity contribution in [2.75, 3.05) is 31.8 Å². The number of alkyl halides is 1. The number of nitrogens with zero attached hydrogens (tertiary/aromatic N) is 2. The zero-order chi connectivity index (χ0) is 27.8. The Morgan fingerprint density at radius 3 is 2.58 bits per heavy atom. The molecule has 38 heavy (non-hydrogen) atoms. The molecule has 0 radical (unpaired) electrons. The number of carbonyl (C=O) groups excluding carboxylic acids is 3. The number of esters is 1. The molecule has 3 aliphatic heterocycles. The Kier molecular flexibility index (Phi) is 8.54. The van der Waals surface area contributed by atoms with Crippen LogP contribution in [0.3, 0.4) is 0 Å². The lowest BCUT2D eigenvalue weighted by Gasteiger charge is -2.39. The number of aliphatic hydroxyl groups excluding tert-OH is 1. The van der Waals surface area contributed by atoms with Gasteiger partial charge in [-0.2, -0.15) is 0 Å². The van der Waals surface area contributed by atoms with Crippen molar-refractivity contribution < 1.29 is 33.7 Å². The molecule has 1 aromatic rings. The summed E-state index contributed by atoms with van der Waals surface area (Å²) in [6.07, 6.45) is 1.90. The van der Waals surface area contributed by atoms with E-state index < -0.39 is 41.6 Å². The summed E-state index contributed by atoms with van der Waals surface area (Å²) < 4.78 is 17.2. The van der Waals surface area contributed by atoms with Crippen LogP contribution in [0.1, 0.15) is 33.6 Å². The molecule has 3 unspecified atom stereocenters. The molecule has 2 bridgehead atoms. The van der Waals surface area contributed by atoms with Gasteiger partial charge >= 0.3 is 5.97 Å². The van der Waals surface area contributed by atoms with Crippen molar-refractivity contribution >= 4 is 39.4 Å². The number of anilines is 1. The number of likely N-dealkylation sites (tertiary alicyclic amines) is 1. The summed E-state index contributed by atoms with van der Waals surface area (Å²) in [7, 11) is 1.57. The van der Waals surface area contributed by atoms with Crippen LogP contribution in [0.15, 0.2) is 36.9 Å². The lowest BCUT2D eigenvalue weighted by Crippen LogP contribution is -2.59. The molecule has 3 aliphatic rings. The van der Waals surface area contributed by atoms with Gasteiger partial charge in [-0.1, -0.05) is 35.9 Å². The van der Waals surface area contributed by atoms with E-state index in [1.54, 1.807) is 49.3 Å². The molecule has 3 heterocycles. The molecule has 0 aromatic heterocycles. The maximum Gasteiger partial charge on any atom is 0.312 e. The highest BCUT2D eigenvalue weighted by Gasteiger charge is 2.77. The molecule has 9 nitrogen and oxygen atoms in total. The number of ether oxygens (including phenoxy) is 3. The highest BCUT2D eigenvalue weighted by atomic mass is 79.9. The van der Waals surface area contributed by atoms with E-state index in [1.165, 1.54) is 4.90 Å². The van der Waals surface area contributed by atoms with Gasteiger partial charge in [0.15, 0.2) is 0 Å². The lowest BCUT2D eigenvalue weighted by atomic mass is 9.70. The van der Waals surface area contributed by atoms with Gasteiger partial charge in [-0.3, -0.25) is 14.4 Å². The quantitative estimate of drug-likeness (QED) is 0.239. The Balaban J connectivity index is 1.83. The molecule has 10 heteroatoms. The molecule has 2 amide bonds. The van der Waals surface area contributed by atoms with Crippen molar-refractivity contribution in [3.63, 3.8) is 0 Å². The predicted molar refractivity (Wildman–Crippen MR) is 145 cm³/mol. The molecule has 4 rings (SSSR count). The predicted octanol–water partition coefficient (Wildman–Crippen LogP) is 2.93. The summed E-state index contributed by atoms with van der Waals surface area (Å²) in [5.41, 5.74) is -0.627. The number of aliphatic hydroxyl groups is 1. The number of amides is 2. The summed E-state index contributed by atoms with van der Waals surface area (Å²) in [5, 5.41) is 10.4. The highest BCUT2D eigenvalue weighted by Crippen LogP contribution is 2.61. The van der Waals surface area contributed by atoms with E-state index in [0.717, 1.165) is 0 Å². The van der Waals surface area contributed by atoms with E-state index in [2.05, 4.69) is 22.5 Å².